The molecule has 3 nitrogen and oxygen atoms in total. The van der Waals surface area contributed by atoms with E-state index in [4.69, 9.17) is 4.74 Å². The van der Waals surface area contributed by atoms with Crippen LogP contribution in [0, 0.1) is 3.57 Å². The van der Waals surface area contributed by atoms with Crippen molar-refractivity contribution in [1.29, 1.82) is 0 Å². The summed E-state index contributed by atoms with van der Waals surface area (Å²) in [6.07, 6.45) is 0. The van der Waals surface area contributed by atoms with Gasteiger partial charge in [0, 0.05) is 14.8 Å². The summed E-state index contributed by atoms with van der Waals surface area (Å²) in [6.45, 7) is 0. The third-order valence-corrected chi connectivity index (χ3v) is 3.15. The van der Waals surface area contributed by atoms with Crippen LogP contribution in [0.3, 0.4) is 0 Å². The van der Waals surface area contributed by atoms with Gasteiger partial charge in [0.2, 0.25) is 0 Å². The summed E-state index contributed by atoms with van der Waals surface area (Å²) in [5.41, 5.74) is 1.36. The van der Waals surface area contributed by atoms with Gasteiger partial charge in [-0.3, -0.25) is 4.79 Å². The van der Waals surface area contributed by atoms with E-state index in [0.717, 1.165) is 9.26 Å². The highest BCUT2D eigenvalue weighted by Crippen LogP contribution is 2.15. The molecule has 0 spiro atoms. The minimum absolute atomic E-state index is 0.143. The number of halogens is 1. The van der Waals surface area contributed by atoms with Gasteiger partial charge in [0.1, 0.15) is 5.75 Å². The normalized spacial score (nSPS) is 9.89. The number of hydrogen-bond acceptors (Lipinski definition) is 2. The Hall–Kier alpha value is -1.56. The molecule has 0 saturated heterocycles. The van der Waals surface area contributed by atoms with Crippen LogP contribution in [0.15, 0.2) is 48.5 Å². The van der Waals surface area contributed by atoms with Gasteiger partial charge in [-0.2, -0.15) is 0 Å². The first kappa shape index (κ1) is 12.9. The van der Waals surface area contributed by atoms with Crippen LogP contribution >= 0.6 is 22.6 Å². The molecule has 0 aliphatic rings. The fourth-order valence-electron chi connectivity index (χ4n) is 1.50. The zero-order chi connectivity index (χ0) is 13.0. The largest absolute Gasteiger partial charge is 0.497 e. The lowest BCUT2D eigenvalue weighted by atomic mass is 10.2. The van der Waals surface area contributed by atoms with Crippen molar-refractivity contribution in [1.82, 2.24) is 0 Å². The standard InChI is InChI=1S/C14H12INO2/c1-18-13-4-2-3-10(9-13)14(17)16-12-7-5-11(15)6-8-12/h2-9H,1H3,(H,16,17). The minimum Gasteiger partial charge on any atom is -0.497 e. The van der Waals surface area contributed by atoms with Gasteiger partial charge in [-0.15, -0.1) is 0 Å². The highest BCUT2D eigenvalue weighted by molar-refractivity contribution is 14.1. The number of carbonyl (C=O) groups excluding carboxylic acids is 1. The zero-order valence-corrected chi connectivity index (χ0v) is 12.0. The molecular formula is C14H12INO2. The van der Waals surface area contributed by atoms with Gasteiger partial charge >= 0.3 is 0 Å². The first-order chi connectivity index (χ1) is 8.69. The Morgan fingerprint density at radius 2 is 1.89 bits per heavy atom. The zero-order valence-electron chi connectivity index (χ0n) is 9.81. The number of amides is 1. The van der Waals surface area contributed by atoms with E-state index < -0.39 is 0 Å². The van der Waals surface area contributed by atoms with Crippen LogP contribution in [0.5, 0.6) is 5.75 Å². The summed E-state index contributed by atoms with van der Waals surface area (Å²) >= 11 is 2.22. The second kappa shape index (κ2) is 5.86. The number of rotatable bonds is 3. The lowest BCUT2D eigenvalue weighted by molar-refractivity contribution is 0.102. The molecule has 2 aromatic rings. The fraction of sp³-hybridized carbons (Fsp3) is 0.0714. The lowest BCUT2D eigenvalue weighted by Crippen LogP contribution is -2.11. The maximum Gasteiger partial charge on any atom is 0.255 e. The van der Waals surface area contributed by atoms with E-state index in [1.165, 1.54) is 0 Å². The maximum atomic E-state index is 12.0. The lowest BCUT2D eigenvalue weighted by Gasteiger charge is -2.06. The van der Waals surface area contributed by atoms with Crippen LogP contribution < -0.4 is 10.1 Å². The average molecular weight is 353 g/mol. The molecule has 0 radical (unpaired) electrons. The van der Waals surface area contributed by atoms with Crippen LogP contribution in [0.1, 0.15) is 10.4 Å². The smallest absolute Gasteiger partial charge is 0.255 e. The molecule has 0 aromatic heterocycles. The molecule has 0 heterocycles. The van der Waals surface area contributed by atoms with Crippen molar-refractivity contribution in [3.05, 3.63) is 57.7 Å². The summed E-state index contributed by atoms with van der Waals surface area (Å²) in [4.78, 5) is 12.0. The second-order valence-electron chi connectivity index (χ2n) is 3.69. The van der Waals surface area contributed by atoms with Crippen LogP contribution in [0.4, 0.5) is 5.69 Å². The first-order valence-corrected chi connectivity index (χ1v) is 6.48. The Balaban J connectivity index is 2.14. The third kappa shape index (κ3) is 3.22. The molecule has 2 aromatic carbocycles. The quantitative estimate of drug-likeness (QED) is 0.857. The number of ether oxygens (including phenoxy) is 1. The Morgan fingerprint density at radius 1 is 1.17 bits per heavy atom. The van der Waals surface area contributed by atoms with Crippen molar-refractivity contribution in [3.63, 3.8) is 0 Å². The molecule has 2 rings (SSSR count). The van der Waals surface area contributed by atoms with Gasteiger partial charge in [0.25, 0.3) is 5.91 Å². The highest BCUT2D eigenvalue weighted by Gasteiger charge is 2.06. The molecule has 0 saturated carbocycles. The van der Waals surface area contributed by atoms with E-state index in [1.54, 1.807) is 25.3 Å². The molecule has 0 aliphatic heterocycles. The molecule has 92 valence electrons. The molecule has 0 atom stereocenters. The molecule has 0 bridgehead atoms. The Labute approximate surface area is 119 Å². The number of carbonyl (C=O) groups is 1. The van der Waals surface area contributed by atoms with Crippen molar-refractivity contribution < 1.29 is 9.53 Å². The van der Waals surface area contributed by atoms with E-state index in [1.807, 2.05) is 30.3 Å². The third-order valence-electron chi connectivity index (χ3n) is 2.43. The van der Waals surface area contributed by atoms with Crippen molar-refractivity contribution in [2.45, 2.75) is 0 Å². The van der Waals surface area contributed by atoms with E-state index in [2.05, 4.69) is 27.9 Å². The SMILES string of the molecule is COc1cccc(C(=O)Nc2ccc(I)cc2)c1. The van der Waals surface area contributed by atoms with Gasteiger partial charge in [-0.1, -0.05) is 6.07 Å². The van der Waals surface area contributed by atoms with Crippen molar-refractivity contribution in [2.75, 3.05) is 12.4 Å². The van der Waals surface area contributed by atoms with E-state index in [9.17, 15) is 4.79 Å². The molecule has 0 unspecified atom stereocenters. The van der Waals surface area contributed by atoms with Gasteiger partial charge in [0.05, 0.1) is 7.11 Å². The van der Waals surface area contributed by atoms with Crippen molar-refractivity contribution in [3.8, 4) is 5.75 Å². The predicted molar refractivity (Wildman–Crippen MR) is 80.1 cm³/mol. The molecule has 1 amide bonds. The average Bonchev–Trinajstić information content (AvgIpc) is 2.41. The van der Waals surface area contributed by atoms with Gasteiger partial charge < -0.3 is 10.1 Å². The van der Waals surface area contributed by atoms with Gasteiger partial charge in [-0.25, -0.2) is 0 Å². The second-order valence-corrected chi connectivity index (χ2v) is 4.94. The van der Waals surface area contributed by atoms with Crippen molar-refractivity contribution >= 4 is 34.2 Å². The summed E-state index contributed by atoms with van der Waals surface area (Å²) < 4.78 is 6.22. The summed E-state index contributed by atoms with van der Waals surface area (Å²) in [5, 5.41) is 2.84. The summed E-state index contributed by atoms with van der Waals surface area (Å²) in [5.74, 6) is 0.528. The molecule has 1 N–H and O–H groups in total. The summed E-state index contributed by atoms with van der Waals surface area (Å²) in [7, 11) is 1.58. The topological polar surface area (TPSA) is 38.3 Å². The molecular weight excluding hydrogens is 341 g/mol. The van der Waals surface area contributed by atoms with Crippen LogP contribution in [0.2, 0.25) is 0 Å². The van der Waals surface area contributed by atoms with Crippen molar-refractivity contribution in [2.24, 2.45) is 0 Å². The Morgan fingerprint density at radius 3 is 2.56 bits per heavy atom. The summed E-state index contributed by atoms with van der Waals surface area (Å²) in [6, 6.07) is 14.7. The van der Waals surface area contributed by atoms with Crippen LogP contribution in [-0.2, 0) is 0 Å². The van der Waals surface area contributed by atoms with Gasteiger partial charge in [-0.05, 0) is 65.1 Å². The monoisotopic (exact) mass is 353 g/mol. The molecule has 18 heavy (non-hydrogen) atoms. The number of nitrogens with one attached hydrogen (secondary N) is 1. The highest BCUT2D eigenvalue weighted by atomic mass is 127. The number of methoxy groups -OCH3 is 1. The number of benzene rings is 2. The van der Waals surface area contributed by atoms with E-state index >= 15 is 0 Å². The Kier molecular flexibility index (Phi) is 4.19. The molecule has 0 aliphatic carbocycles. The Bertz CT molecular complexity index is 552. The minimum atomic E-state index is -0.143. The first-order valence-electron chi connectivity index (χ1n) is 5.40. The fourth-order valence-corrected chi connectivity index (χ4v) is 1.86. The predicted octanol–water partition coefficient (Wildman–Crippen LogP) is 3.55. The number of anilines is 1. The molecule has 4 heteroatoms. The van der Waals surface area contributed by atoms with E-state index in [0.29, 0.717) is 11.3 Å². The number of hydrogen-bond donors (Lipinski definition) is 1. The molecule has 0 fully saturated rings. The van der Waals surface area contributed by atoms with Gasteiger partial charge in [0.15, 0.2) is 0 Å². The van der Waals surface area contributed by atoms with Crippen LogP contribution in [-0.4, -0.2) is 13.0 Å². The van der Waals surface area contributed by atoms with Crippen LogP contribution in [0.25, 0.3) is 0 Å². The van der Waals surface area contributed by atoms with E-state index in [-0.39, 0.29) is 5.91 Å². The maximum absolute atomic E-state index is 12.0.